The van der Waals surface area contributed by atoms with Crippen molar-refractivity contribution in [2.24, 2.45) is 5.92 Å². The van der Waals surface area contributed by atoms with Crippen LogP contribution in [-0.2, 0) is 0 Å². The minimum absolute atomic E-state index is 0.201. The SMILES string of the molecule is CNCC1CCCN(C(=O)c2cc3ccccc3s2)C1. The van der Waals surface area contributed by atoms with Crippen LogP contribution in [0.1, 0.15) is 22.5 Å². The zero-order valence-corrected chi connectivity index (χ0v) is 12.6. The Balaban J connectivity index is 1.77. The lowest BCUT2D eigenvalue weighted by Crippen LogP contribution is -2.42. The predicted octanol–water partition coefficient (Wildman–Crippen LogP) is 2.97. The average molecular weight is 288 g/mol. The summed E-state index contributed by atoms with van der Waals surface area (Å²) in [5.74, 6) is 0.791. The molecule has 1 aliphatic rings. The van der Waals surface area contributed by atoms with E-state index in [1.165, 1.54) is 16.5 Å². The maximum absolute atomic E-state index is 12.6. The third-order valence-electron chi connectivity index (χ3n) is 3.94. The topological polar surface area (TPSA) is 32.3 Å². The van der Waals surface area contributed by atoms with Gasteiger partial charge in [0.1, 0.15) is 0 Å². The molecule has 1 fully saturated rings. The number of carbonyl (C=O) groups is 1. The summed E-state index contributed by atoms with van der Waals surface area (Å²) in [6.45, 7) is 2.78. The number of hydrogen-bond donors (Lipinski definition) is 1. The Morgan fingerprint density at radius 3 is 3.10 bits per heavy atom. The highest BCUT2D eigenvalue weighted by atomic mass is 32.1. The molecule has 20 heavy (non-hydrogen) atoms. The van der Waals surface area contributed by atoms with Gasteiger partial charge in [-0.1, -0.05) is 18.2 Å². The minimum atomic E-state index is 0.201. The smallest absolute Gasteiger partial charge is 0.263 e. The number of amides is 1. The van der Waals surface area contributed by atoms with E-state index in [0.29, 0.717) is 5.92 Å². The maximum Gasteiger partial charge on any atom is 0.263 e. The van der Waals surface area contributed by atoms with Crippen LogP contribution >= 0.6 is 11.3 Å². The second-order valence-electron chi connectivity index (χ2n) is 5.47. The molecule has 1 atom stereocenters. The molecule has 1 unspecified atom stereocenters. The fourth-order valence-electron chi connectivity index (χ4n) is 2.95. The Bertz CT molecular complexity index is 572. The van der Waals surface area contributed by atoms with Crippen LogP contribution in [0, 0.1) is 5.92 Å². The monoisotopic (exact) mass is 288 g/mol. The number of hydrogen-bond acceptors (Lipinski definition) is 3. The standard InChI is InChI=1S/C16H20N2OS/c1-17-10-12-5-4-8-18(11-12)16(19)15-9-13-6-2-3-7-14(13)20-15/h2-3,6-7,9,12,17H,4-5,8,10-11H2,1H3. The van der Waals surface area contributed by atoms with Crippen molar-refractivity contribution >= 4 is 27.3 Å². The number of piperidine rings is 1. The summed E-state index contributed by atoms with van der Waals surface area (Å²) in [5.41, 5.74) is 0. The van der Waals surface area contributed by atoms with E-state index in [0.717, 1.165) is 30.9 Å². The summed E-state index contributed by atoms with van der Waals surface area (Å²) < 4.78 is 1.19. The fourth-order valence-corrected chi connectivity index (χ4v) is 3.98. The summed E-state index contributed by atoms with van der Waals surface area (Å²) in [4.78, 5) is 15.5. The van der Waals surface area contributed by atoms with Crippen LogP contribution in [-0.4, -0.2) is 37.5 Å². The van der Waals surface area contributed by atoms with Crippen molar-refractivity contribution in [1.82, 2.24) is 10.2 Å². The lowest BCUT2D eigenvalue weighted by atomic mass is 9.98. The van der Waals surface area contributed by atoms with E-state index in [1.54, 1.807) is 11.3 Å². The van der Waals surface area contributed by atoms with Crippen molar-refractivity contribution in [2.75, 3.05) is 26.7 Å². The van der Waals surface area contributed by atoms with Crippen LogP contribution in [0.5, 0.6) is 0 Å². The molecular weight excluding hydrogens is 268 g/mol. The van der Waals surface area contributed by atoms with Gasteiger partial charge in [0.2, 0.25) is 0 Å². The van der Waals surface area contributed by atoms with Crippen molar-refractivity contribution in [2.45, 2.75) is 12.8 Å². The molecule has 3 nitrogen and oxygen atoms in total. The van der Waals surface area contributed by atoms with Gasteiger partial charge in [0, 0.05) is 17.8 Å². The van der Waals surface area contributed by atoms with Gasteiger partial charge in [0.05, 0.1) is 4.88 Å². The van der Waals surface area contributed by atoms with Crippen LogP contribution in [0.15, 0.2) is 30.3 Å². The van der Waals surface area contributed by atoms with E-state index in [9.17, 15) is 4.79 Å². The molecule has 0 aliphatic carbocycles. The van der Waals surface area contributed by atoms with Gasteiger partial charge in [-0.15, -0.1) is 11.3 Å². The molecule has 2 heterocycles. The summed E-state index contributed by atoms with van der Waals surface area (Å²) >= 11 is 1.61. The second kappa shape index (κ2) is 5.94. The molecule has 0 saturated carbocycles. The summed E-state index contributed by atoms with van der Waals surface area (Å²) in [7, 11) is 1.98. The van der Waals surface area contributed by atoms with E-state index >= 15 is 0 Å². The number of rotatable bonds is 3. The number of fused-ring (bicyclic) bond motifs is 1. The largest absolute Gasteiger partial charge is 0.338 e. The quantitative estimate of drug-likeness (QED) is 0.941. The Morgan fingerprint density at radius 2 is 2.30 bits per heavy atom. The zero-order chi connectivity index (χ0) is 13.9. The third-order valence-corrected chi connectivity index (χ3v) is 5.04. The van der Waals surface area contributed by atoms with Gasteiger partial charge in [-0.05, 0) is 49.9 Å². The molecule has 1 saturated heterocycles. The van der Waals surface area contributed by atoms with Crippen molar-refractivity contribution in [3.63, 3.8) is 0 Å². The normalized spacial score (nSPS) is 19.4. The molecule has 0 radical (unpaired) electrons. The lowest BCUT2D eigenvalue weighted by Gasteiger charge is -2.32. The molecule has 1 aromatic carbocycles. The first-order valence-corrected chi connectivity index (χ1v) is 8.02. The first-order chi connectivity index (χ1) is 9.78. The maximum atomic E-state index is 12.6. The van der Waals surface area contributed by atoms with Crippen LogP contribution < -0.4 is 5.32 Å². The summed E-state index contributed by atoms with van der Waals surface area (Å²) in [6.07, 6.45) is 2.33. The van der Waals surface area contributed by atoms with E-state index in [1.807, 2.05) is 30.1 Å². The Morgan fingerprint density at radius 1 is 1.45 bits per heavy atom. The molecule has 1 aromatic heterocycles. The summed E-state index contributed by atoms with van der Waals surface area (Å²) in [6, 6.07) is 10.2. The Kier molecular flexibility index (Phi) is 4.03. The van der Waals surface area contributed by atoms with Gasteiger partial charge in [0.25, 0.3) is 5.91 Å². The number of likely N-dealkylation sites (tertiary alicyclic amines) is 1. The van der Waals surface area contributed by atoms with Gasteiger partial charge < -0.3 is 10.2 Å². The molecule has 3 rings (SSSR count). The van der Waals surface area contributed by atoms with Gasteiger partial charge >= 0.3 is 0 Å². The van der Waals surface area contributed by atoms with E-state index < -0.39 is 0 Å². The van der Waals surface area contributed by atoms with Gasteiger partial charge in [-0.3, -0.25) is 4.79 Å². The van der Waals surface area contributed by atoms with Crippen molar-refractivity contribution < 1.29 is 4.79 Å². The Hall–Kier alpha value is -1.39. The van der Waals surface area contributed by atoms with Gasteiger partial charge in [0.15, 0.2) is 0 Å². The number of carbonyl (C=O) groups excluding carboxylic acids is 1. The number of nitrogens with one attached hydrogen (secondary N) is 1. The first-order valence-electron chi connectivity index (χ1n) is 7.20. The Labute approximate surface area is 123 Å². The number of thiophene rings is 1. The van der Waals surface area contributed by atoms with Gasteiger partial charge in [-0.2, -0.15) is 0 Å². The van der Waals surface area contributed by atoms with E-state index in [-0.39, 0.29) is 5.91 Å². The third kappa shape index (κ3) is 2.72. The second-order valence-corrected chi connectivity index (χ2v) is 6.55. The van der Waals surface area contributed by atoms with Crippen LogP contribution in [0.4, 0.5) is 0 Å². The highest BCUT2D eigenvalue weighted by molar-refractivity contribution is 7.20. The highest BCUT2D eigenvalue weighted by Crippen LogP contribution is 2.27. The number of nitrogens with zero attached hydrogens (tertiary/aromatic N) is 1. The summed E-state index contributed by atoms with van der Waals surface area (Å²) in [5, 5.41) is 4.39. The van der Waals surface area contributed by atoms with Gasteiger partial charge in [-0.25, -0.2) is 0 Å². The van der Waals surface area contributed by atoms with E-state index in [4.69, 9.17) is 0 Å². The molecule has 0 bridgehead atoms. The fraction of sp³-hybridized carbons (Fsp3) is 0.438. The molecule has 0 spiro atoms. The number of benzene rings is 1. The van der Waals surface area contributed by atoms with Crippen LogP contribution in [0.2, 0.25) is 0 Å². The van der Waals surface area contributed by atoms with E-state index in [2.05, 4.69) is 17.4 Å². The lowest BCUT2D eigenvalue weighted by molar-refractivity contribution is 0.0679. The molecule has 4 heteroatoms. The van der Waals surface area contributed by atoms with Crippen molar-refractivity contribution in [3.8, 4) is 0 Å². The van der Waals surface area contributed by atoms with Crippen molar-refractivity contribution in [3.05, 3.63) is 35.2 Å². The molecule has 2 aromatic rings. The molecule has 1 aliphatic heterocycles. The highest BCUT2D eigenvalue weighted by Gasteiger charge is 2.25. The molecule has 106 valence electrons. The van der Waals surface area contributed by atoms with Crippen LogP contribution in [0.25, 0.3) is 10.1 Å². The predicted molar refractivity (Wildman–Crippen MR) is 84.4 cm³/mol. The van der Waals surface area contributed by atoms with Crippen molar-refractivity contribution in [1.29, 1.82) is 0 Å². The average Bonchev–Trinajstić information content (AvgIpc) is 2.91. The first kappa shape index (κ1) is 13.6. The molecule has 1 N–H and O–H groups in total. The minimum Gasteiger partial charge on any atom is -0.338 e. The molecular formula is C16H20N2OS. The zero-order valence-electron chi connectivity index (χ0n) is 11.8. The molecule has 1 amide bonds. The van der Waals surface area contributed by atoms with Crippen LogP contribution in [0.3, 0.4) is 0 Å².